The van der Waals surface area contributed by atoms with Gasteiger partial charge in [0.1, 0.15) is 5.75 Å². The Morgan fingerprint density at radius 3 is 2.48 bits per heavy atom. The summed E-state index contributed by atoms with van der Waals surface area (Å²) in [5.74, 6) is -0.0517. The minimum atomic E-state index is -4.51. The van der Waals surface area contributed by atoms with Gasteiger partial charge in [0.25, 0.3) is 0 Å². The molecule has 0 saturated carbocycles. The summed E-state index contributed by atoms with van der Waals surface area (Å²) in [6.07, 6.45) is -4.51. The SMILES string of the molecule is O=S1(=O)Oc2ccc(C(F)(F)F)cc2[C@@H]2CN(c3ccccc3)CN21. The summed E-state index contributed by atoms with van der Waals surface area (Å²) >= 11 is 0. The minimum Gasteiger partial charge on any atom is -0.370 e. The Kier molecular flexibility index (Phi) is 3.48. The summed E-state index contributed by atoms with van der Waals surface area (Å²) in [6, 6.07) is 11.2. The third-order valence-corrected chi connectivity index (χ3v) is 5.69. The quantitative estimate of drug-likeness (QED) is 0.774. The molecular formula is C16H13F3N2O3S. The van der Waals surface area contributed by atoms with Gasteiger partial charge < -0.3 is 9.08 Å². The maximum atomic E-state index is 13.0. The molecule has 1 atom stereocenters. The van der Waals surface area contributed by atoms with Crippen molar-refractivity contribution in [2.24, 2.45) is 0 Å². The highest BCUT2D eigenvalue weighted by Crippen LogP contribution is 2.44. The van der Waals surface area contributed by atoms with Crippen molar-refractivity contribution >= 4 is 16.0 Å². The van der Waals surface area contributed by atoms with Gasteiger partial charge in [0.15, 0.2) is 0 Å². The standard InChI is InChI=1S/C16H13F3N2O3S/c17-16(18,19)11-6-7-15-13(8-11)14-9-20(12-4-2-1-3-5-12)10-21(14)25(22,23)24-15/h1-8,14H,9-10H2/t14-/m0/s1. The molecule has 0 aromatic heterocycles. The van der Waals surface area contributed by atoms with Crippen LogP contribution in [-0.2, 0) is 16.5 Å². The number of benzene rings is 2. The van der Waals surface area contributed by atoms with Crippen molar-refractivity contribution in [2.75, 3.05) is 18.1 Å². The molecule has 0 radical (unpaired) electrons. The second kappa shape index (κ2) is 5.37. The van der Waals surface area contributed by atoms with E-state index in [1.807, 2.05) is 30.3 Å². The van der Waals surface area contributed by atoms with Crippen molar-refractivity contribution in [3.05, 3.63) is 59.7 Å². The number of nitrogens with zero attached hydrogens (tertiary/aromatic N) is 2. The molecule has 0 unspecified atom stereocenters. The van der Waals surface area contributed by atoms with Crippen LogP contribution >= 0.6 is 0 Å². The third kappa shape index (κ3) is 2.73. The molecule has 1 saturated heterocycles. The first-order valence-corrected chi connectivity index (χ1v) is 8.84. The first kappa shape index (κ1) is 16.2. The van der Waals surface area contributed by atoms with E-state index in [2.05, 4.69) is 0 Å². The molecule has 2 aromatic carbocycles. The van der Waals surface area contributed by atoms with Crippen LogP contribution in [0.25, 0.3) is 0 Å². The summed E-state index contributed by atoms with van der Waals surface area (Å²) in [5.41, 5.74) is 0.191. The molecule has 0 aliphatic carbocycles. The van der Waals surface area contributed by atoms with Crippen LogP contribution in [0.5, 0.6) is 5.75 Å². The highest BCUT2D eigenvalue weighted by Gasteiger charge is 2.46. The molecule has 25 heavy (non-hydrogen) atoms. The molecule has 132 valence electrons. The van der Waals surface area contributed by atoms with Crippen molar-refractivity contribution in [3.8, 4) is 5.75 Å². The summed E-state index contributed by atoms with van der Waals surface area (Å²) in [7, 11) is -4.05. The average Bonchev–Trinajstić information content (AvgIpc) is 3.01. The lowest BCUT2D eigenvalue weighted by Crippen LogP contribution is -2.39. The molecule has 0 N–H and O–H groups in total. The molecule has 0 amide bonds. The Labute approximate surface area is 142 Å². The van der Waals surface area contributed by atoms with Crippen LogP contribution in [0.4, 0.5) is 18.9 Å². The molecule has 9 heteroatoms. The number of hydrogen-bond acceptors (Lipinski definition) is 4. The van der Waals surface area contributed by atoms with Crippen molar-refractivity contribution in [1.82, 2.24) is 4.31 Å². The smallest absolute Gasteiger partial charge is 0.370 e. The molecule has 0 spiro atoms. The summed E-state index contributed by atoms with van der Waals surface area (Å²) in [5, 5.41) is 0. The molecule has 2 aliphatic rings. The fraction of sp³-hybridized carbons (Fsp3) is 0.250. The van der Waals surface area contributed by atoms with E-state index >= 15 is 0 Å². The average molecular weight is 370 g/mol. The van der Waals surface area contributed by atoms with Gasteiger partial charge in [-0.15, -0.1) is 4.31 Å². The maximum absolute atomic E-state index is 13.0. The number of rotatable bonds is 1. The Hall–Kier alpha value is -2.26. The van der Waals surface area contributed by atoms with E-state index in [0.29, 0.717) is 0 Å². The summed E-state index contributed by atoms with van der Waals surface area (Å²) in [6.45, 7) is 0.271. The van der Waals surface area contributed by atoms with E-state index in [0.717, 1.165) is 28.2 Å². The van der Waals surface area contributed by atoms with Gasteiger partial charge >= 0.3 is 16.5 Å². The van der Waals surface area contributed by atoms with E-state index in [-0.39, 0.29) is 24.5 Å². The zero-order valence-electron chi connectivity index (χ0n) is 12.8. The first-order chi connectivity index (χ1) is 11.8. The minimum absolute atomic E-state index is 0.0205. The highest BCUT2D eigenvalue weighted by atomic mass is 32.2. The van der Waals surface area contributed by atoms with Gasteiger partial charge in [-0.2, -0.15) is 21.6 Å². The molecule has 1 fully saturated rings. The van der Waals surface area contributed by atoms with Gasteiger partial charge in [-0.1, -0.05) is 18.2 Å². The number of hydrogen-bond donors (Lipinski definition) is 0. The van der Waals surface area contributed by atoms with Gasteiger partial charge in [0, 0.05) is 17.8 Å². The normalized spacial score (nSPS) is 22.2. The second-order valence-corrected chi connectivity index (χ2v) is 7.38. The summed E-state index contributed by atoms with van der Waals surface area (Å²) in [4.78, 5) is 1.79. The Morgan fingerprint density at radius 1 is 1.08 bits per heavy atom. The zero-order valence-corrected chi connectivity index (χ0v) is 13.6. The van der Waals surface area contributed by atoms with Crippen LogP contribution in [0.2, 0.25) is 0 Å². The van der Waals surface area contributed by atoms with Crippen molar-refractivity contribution in [2.45, 2.75) is 12.2 Å². The van der Waals surface area contributed by atoms with Gasteiger partial charge in [0.05, 0.1) is 18.3 Å². The van der Waals surface area contributed by atoms with Gasteiger partial charge in [0.2, 0.25) is 0 Å². The van der Waals surface area contributed by atoms with Crippen LogP contribution in [0.1, 0.15) is 17.2 Å². The van der Waals surface area contributed by atoms with Crippen molar-refractivity contribution in [3.63, 3.8) is 0 Å². The van der Waals surface area contributed by atoms with Crippen LogP contribution in [0, 0.1) is 0 Å². The maximum Gasteiger partial charge on any atom is 0.416 e. The van der Waals surface area contributed by atoms with Crippen LogP contribution in [0.3, 0.4) is 0 Å². The van der Waals surface area contributed by atoms with Crippen molar-refractivity contribution in [1.29, 1.82) is 0 Å². The van der Waals surface area contributed by atoms with Gasteiger partial charge in [-0.05, 0) is 30.3 Å². The van der Waals surface area contributed by atoms with E-state index in [4.69, 9.17) is 4.18 Å². The molecule has 0 bridgehead atoms. The first-order valence-electron chi connectivity index (χ1n) is 7.48. The van der Waals surface area contributed by atoms with Crippen LogP contribution in [0.15, 0.2) is 48.5 Å². The molecule has 5 nitrogen and oxygen atoms in total. The largest absolute Gasteiger partial charge is 0.416 e. The number of anilines is 1. The molecule has 2 aromatic rings. The number of halogens is 3. The molecule has 2 heterocycles. The van der Waals surface area contributed by atoms with E-state index in [1.165, 1.54) is 0 Å². The lowest BCUT2D eigenvalue weighted by molar-refractivity contribution is -0.137. The molecule has 2 aliphatic heterocycles. The topological polar surface area (TPSA) is 49.9 Å². The number of para-hydroxylation sites is 1. The molecular weight excluding hydrogens is 357 g/mol. The fourth-order valence-electron chi connectivity index (χ4n) is 3.15. The predicted molar refractivity (Wildman–Crippen MR) is 84.2 cm³/mol. The van der Waals surface area contributed by atoms with Crippen LogP contribution < -0.4 is 9.08 Å². The van der Waals surface area contributed by atoms with Gasteiger partial charge in [-0.25, -0.2) is 0 Å². The zero-order chi connectivity index (χ0) is 17.8. The Balaban J connectivity index is 1.77. The van der Waals surface area contributed by atoms with E-state index < -0.39 is 28.1 Å². The highest BCUT2D eigenvalue weighted by molar-refractivity contribution is 7.84. The summed E-state index contributed by atoms with van der Waals surface area (Å²) < 4.78 is 69.8. The Bertz CT molecular complexity index is 916. The third-order valence-electron chi connectivity index (χ3n) is 4.35. The number of alkyl halides is 3. The van der Waals surface area contributed by atoms with Crippen molar-refractivity contribution < 1.29 is 25.8 Å². The lowest BCUT2D eigenvalue weighted by atomic mass is 10.0. The van der Waals surface area contributed by atoms with E-state index in [1.54, 1.807) is 4.90 Å². The van der Waals surface area contributed by atoms with Crippen LogP contribution in [-0.4, -0.2) is 25.9 Å². The monoisotopic (exact) mass is 370 g/mol. The number of fused-ring (bicyclic) bond motifs is 3. The van der Waals surface area contributed by atoms with Gasteiger partial charge in [-0.3, -0.25) is 0 Å². The fourth-order valence-corrected chi connectivity index (χ4v) is 4.40. The lowest BCUT2D eigenvalue weighted by Gasteiger charge is -2.29. The predicted octanol–water partition coefficient (Wildman–Crippen LogP) is 3.16. The Morgan fingerprint density at radius 2 is 1.80 bits per heavy atom. The second-order valence-electron chi connectivity index (χ2n) is 5.89. The van der Waals surface area contributed by atoms with E-state index in [9.17, 15) is 21.6 Å². The molecule has 4 rings (SSSR count).